The summed E-state index contributed by atoms with van der Waals surface area (Å²) in [6, 6.07) is 78.0. The maximum atomic E-state index is 7.13. The van der Waals surface area contributed by atoms with Crippen molar-refractivity contribution in [1.29, 1.82) is 0 Å². The van der Waals surface area contributed by atoms with E-state index in [1.807, 2.05) is 11.3 Å². The first-order valence-corrected chi connectivity index (χ1v) is 30.0. The number of nitrogens with zero attached hydrogens (tertiary/aromatic N) is 1. The number of rotatable bonds is 3. The summed E-state index contributed by atoms with van der Waals surface area (Å²) in [5.41, 5.74) is 25.2. The van der Waals surface area contributed by atoms with E-state index in [-0.39, 0.29) is 21.7 Å². The van der Waals surface area contributed by atoms with Crippen LogP contribution in [0.3, 0.4) is 0 Å². The highest BCUT2D eigenvalue weighted by molar-refractivity contribution is 7.26. The molecule has 0 atom stereocenters. The molecule has 15 rings (SSSR count). The molecule has 0 radical (unpaired) electrons. The van der Waals surface area contributed by atoms with Gasteiger partial charge in [0.1, 0.15) is 11.5 Å². The van der Waals surface area contributed by atoms with Crippen molar-refractivity contribution >= 4 is 48.6 Å². The average molecular weight is 1070 g/mol. The lowest BCUT2D eigenvalue weighted by Gasteiger charge is -2.41. The van der Waals surface area contributed by atoms with E-state index in [0.29, 0.717) is 0 Å². The normalized spacial score (nSPS) is 15.0. The minimum absolute atomic E-state index is 0.0569. The van der Waals surface area contributed by atoms with Crippen LogP contribution < -0.4 is 9.64 Å². The van der Waals surface area contributed by atoms with Gasteiger partial charge in [-0.1, -0.05) is 223 Å². The van der Waals surface area contributed by atoms with Crippen molar-refractivity contribution in [1.82, 2.24) is 0 Å². The summed E-state index contributed by atoms with van der Waals surface area (Å²) in [6.07, 6.45) is 0. The highest BCUT2D eigenvalue weighted by Gasteiger charge is 2.55. The van der Waals surface area contributed by atoms with Gasteiger partial charge in [-0.15, -0.1) is 11.3 Å². The molecule has 0 N–H and O–H groups in total. The summed E-state index contributed by atoms with van der Waals surface area (Å²) in [5.74, 6) is 1.81. The monoisotopic (exact) mass is 1070 g/mol. The Morgan fingerprint density at radius 2 is 0.753 bits per heavy atom. The van der Waals surface area contributed by atoms with Crippen molar-refractivity contribution in [3.05, 3.63) is 267 Å². The molecule has 11 aromatic rings. The van der Waals surface area contributed by atoms with Crippen LogP contribution in [0.15, 0.2) is 200 Å². The van der Waals surface area contributed by atoms with E-state index in [2.05, 4.69) is 288 Å². The van der Waals surface area contributed by atoms with Crippen molar-refractivity contribution in [2.45, 2.75) is 116 Å². The molecule has 2 heterocycles. The molecule has 0 saturated carbocycles. The molecule has 4 aliphatic rings. The molecule has 0 bridgehead atoms. The Balaban J connectivity index is 1.07. The van der Waals surface area contributed by atoms with E-state index in [4.69, 9.17) is 4.74 Å². The van der Waals surface area contributed by atoms with Gasteiger partial charge in [0.05, 0.1) is 22.2 Å². The summed E-state index contributed by atoms with van der Waals surface area (Å²) < 4.78 is 9.69. The van der Waals surface area contributed by atoms with Crippen molar-refractivity contribution in [2.24, 2.45) is 0 Å². The van der Waals surface area contributed by atoms with Gasteiger partial charge in [0.2, 0.25) is 0 Å². The third kappa shape index (κ3) is 6.91. The molecule has 0 saturated heterocycles. The molecule has 0 amide bonds. The molecule has 1 aromatic heterocycles. The van der Waals surface area contributed by atoms with Gasteiger partial charge < -0.3 is 9.64 Å². The molecule has 1 aliphatic heterocycles. The van der Waals surface area contributed by atoms with Gasteiger partial charge in [0, 0.05) is 42.6 Å². The summed E-state index contributed by atoms with van der Waals surface area (Å²) in [6.45, 7) is 28.1. The van der Waals surface area contributed by atoms with Gasteiger partial charge in [-0.3, -0.25) is 0 Å². The fourth-order valence-corrected chi connectivity index (χ4v) is 15.8. The largest absolute Gasteiger partial charge is 0.457 e. The van der Waals surface area contributed by atoms with E-state index in [1.165, 1.54) is 120 Å². The topological polar surface area (TPSA) is 12.5 Å². The van der Waals surface area contributed by atoms with Crippen LogP contribution in [0, 0.1) is 0 Å². The molecule has 3 aliphatic carbocycles. The number of fused-ring (bicyclic) bond motifs is 22. The number of hydrogen-bond donors (Lipinski definition) is 0. The number of ether oxygens (including phenoxy) is 1. The number of thiophene rings is 1. The lowest BCUT2D eigenvalue weighted by atomic mass is 9.64. The molecular formula is C78H69NOS. The molecule has 2 nitrogen and oxygen atoms in total. The van der Waals surface area contributed by atoms with Crippen molar-refractivity contribution < 1.29 is 4.74 Å². The van der Waals surface area contributed by atoms with Crippen LogP contribution in [-0.2, 0) is 32.5 Å². The molecule has 10 aromatic carbocycles. The number of anilines is 3. The summed E-state index contributed by atoms with van der Waals surface area (Å²) in [5, 5.41) is 2.54. The Morgan fingerprint density at radius 3 is 1.35 bits per heavy atom. The Kier molecular flexibility index (Phi) is 10.4. The van der Waals surface area contributed by atoms with Crippen LogP contribution in [0.25, 0.3) is 53.6 Å². The molecule has 2 spiro atoms. The van der Waals surface area contributed by atoms with Gasteiger partial charge in [0.25, 0.3) is 0 Å². The SMILES string of the molecule is CC(C)(C)c1ccc2c(c1)C1(c3cc(C(C)(C)C)ccc3O2)c2ccccc2-c2c(N(c3ccc4c(c3)C3(c5ccccc5-4)c4cc(C(C)(C)C)ccc4-c4ccc(C(C)(C)C)cc43)c3cccc4sc5ccccc5c34)cccc21. The first-order valence-electron chi connectivity index (χ1n) is 29.1. The zero-order valence-electron chi connectivity index (χ0n) is 48.8. The highest BCUT2D eigenvalue weighted by atomic mass is 32.1. The van der Waals surface area contributed by atoms with Crippen molar-refractivity contribution in [3.8, 4) is 44.9 Å². The summed E-state index contributed by atoms with van der Waals surface area (Å²) >= 11 is 1.88. The van der Waals surface area contributed by atoms with Crippen molar-refractivity contribution in [3.63, 3.8) is 0 Å². The first-order chi connectivity index (χ1) is 38.7. The fourth-order valence-electron chi connectivity index (χ4n) is 14.7. The van der Waals surface area contributed by atoms with Crippen LogP contribution in [0.1, 0.15) is 150 Å². The second-order valence-corrected chi connectivity index (χ2v) is 28.7. The van der Waals surface area contributed by atoms with Gasteiger partial charge in [-0.25, -0.2) is 0 Å². The molecular weight excluding hydrogens is 999 g/mol. The van der Waals surface area contributed by atoms with Crippen LogP contribution in [0.4, 0.5) is 17.1 Å². The van der Waals surface area contributed by atoms with E-state index >= 15 is 0 Å². The average Bonchev–Trinajstić information content (AvgIpc) is 1.93. The molecule has 398 valence electrons. The summed E-state index contributed by atoms with van der Waals surface area (Å²) in [7, 11) is 0. The molecule has 81 heavy (non-hydrogen) atoms. The van der Waals surface area contributed by atoms with Crippen LogP contribution in [-0.4, -0.2) is 0 Å². The maximum absolute atomic E-state index is 7.13. The molecule has 0 fully saturated rings. The van der Waals surface area contributed by atoms with E-state index in [1.54, 1.807) is 0 Å². The Bertz CT molecular complexity index is 4370. The Hall–Kier alpha value is -7.98. The smallest absolute Gasteiger partial charge is 0.132 e. The van der Waals surface area contributed by atoms with Gasteiger partial charge in [0.15, 0.2) is 0 Å². The van der Waals surface area contributed by atoms with Crippen molar-refractivity contribution in [2.75, 3.05) is 4.90 Å². The predicted molar refractivity (Wildman–Crippen MR) is 342 cm³/mol. The zero-order valence-corrected chi connectivity index (χ0v) is 49.6. The second-order valence-electron chi connectivity index (χ2n) is 27.6. The van der Waals surface area contributed by atoms with Gasteiger partial charge >= 0.3 is 0 Å². The Labute approximate surface area is 482 Å². The predicted octanol–water partition coefficient (Wildman–Crippen LogP) is 21.5. The van der Waals surface area contributed by atoms with Crippen LogP contribution in [0.2, 0.25) is 0 Å². The van der Waals surface area contributed by atoms with E-state index in [9.17, 15) is 0 Å². The third-order valence-corrected chi connectivity index (χ3v) is 19.9. The zero-order chi connectivity index (χ0) is 55.9. The summed E-state index contributed by atoms with van der Waals surface area (Å²) in [4.78, 5) is 2.65. The first kappa shape index (κ1) is 50.0. The highest BCUT2D eigenvalue weighted by Crippen LogP contribution is 2.67. The molecule has 3 heteroatoms. The maximum Gasteiger partial charge on any atom is 0.132 e. The number of hydrogen-bond acceptors (Lipinski definition) is 3. The lowest BCUT2D eigenvalue weighted by molar-refractivity contribution is 0.433. The van der Waals surface area contributed by atoms with Crippen LogP contribution >= 0.6 is 11.3 Å². The van der Waals surface area contributed by atoms with E-state index < -0.39 is 10.8 Å². The lowest BCUT2D eigenvalue weighted by Crippen LogP contribution is -2.33. The Morgan fingerprint density at radius 1 is 0.333 bits per heavy atom. The minimum Gasteiger partial charge on any atom is -0.457 e. The molecule has 0 unspecified atom stereocenters. The minimum atomic E-state index is -0.698. The third-order valence-electron chi connectivity index (χ3n) is 18.8. The standard InChI is InChI=1S/C78H69NOS/c1-73(2,3)46-31-36-52-53-37-32-47(74(4,5)6)42-61(53)78(60(52)41-46)57-24-16-13-21-51(57)54-38-35-50(45-62(54)78)79(66-28-20-30-70-72(66)56-23-15-18-29-69(56)81-70)65-27-19-26-59-71(65)55-22-14-17-25-58(55)77(59)63-43-48(75(7,8)9)33-39-67(63)80-68-40-34-49(44-64(68)77)76(10,11)12/h13-45H,1-12H3. The van der Waals surface area contributed by atoms with Gasteiger partial charge in [-0.2, -0.15) is 0 Å². The fraction of sp³-hybridized carbons (Fsp3) is 0.231. The van der Waals surface area contributed by atoms with E-state index in [0.717, 1.165) is 28.6 Å². The quantitative estimate of drug-likeness (QED) is 0.175. The number of benzene rings is 10. The second kappa shape index (κ2) is 16.8. The van der Waals surface area contributed by atoms with Gasteiger partial charge in [-0.05, 0) is 166 Å². The van der Waals surface area contributed by atoms with Crippen LogP contribution in [0.5, 0.6) is 11.5 Å².